The summed E-state index contributed by atoms with van der Waals surface area (Å²) in [5.41, 5.74) is 0.815. The summed E-state index contributed by atoms with van der Waals surface area (Å²) >= 11 is 6.11. The first-order valence-corrected chi connectivity index (χ1v) is 9.55. The number of carboxylic acids is 1. The number of rotatable bonds is 7. The minimum Gasteiger partial charge on any atom is -0.492 e. The Balaban J connectivity index is 1.60. The van der Waals surface area contributed by atoms with Crippen molar-refractivity contribution in [3.05, 3.63) is 28.8 Å². The quantitative estimate of drug-likeness (QED) is 0.787. The third-order valence-electron chi connectivity index (χ3n) is 5.06. The number of ether oxygens (including phenoxy) is 1. The first-order chi connectivity index (χ1) is 12.5. The van der Waals surface area contributed by atoms with Gasteiger partial charge in [0.1, 0.15) is 12.4 Å². The summed E-state index contributed by atoms with van der Waals surface area (Å²) in [4.78, 5) is 27.2. The highest BCUT2D eigenvalue weighted by Gasteiger charge is 2.34. The van der Waals surface area contributed by atoms with E-state index in [0.717, 1.165) is 25.2 Å². The Morgan fingerprint density at radius 2 is 2.04 bits per heavy atom. The van der Waals surface area contributed by atoms with E-state index < -0.39 is 11.9 Å². The molecule has 0 aromatic heterocycles. The number of likely N-dealkylation sites (tertiary alicyclic amines) is 2. The van der Waals surface area contributed by atoms with Gasteiger partial charge in [0.15, 0.2) is 0 Å². The fourth-order valence-corrected chi connectivity index (χ4v) is 3.77. The summed E-state index contributed by atoms with van der Waals surface area (Å²) < 4.78 is 5.96. The molecule has 0 spiro atoms. The molecule has 2 aliphatic rings. The van der Waals surface area contributed by atoms with Crippen molar-refractivity contribution in [3.8, 4) is 5.75 Å². The van der Waals surface area contributed by atoms with Gasteiger partial charge in [-0.15, -0.1) is 0 Å². The Hall–Kier alpha value is -1.79. The van der Waals surface area contributed by atoms with Crippen molar-refractivity contribution in [3.63, 3.8) is 0 Å². The molecule has 1 N–H and O–H groups in total. The van der Waals surface area contributed by atoms with Crippen molar-refractivity contribution in [2.24, 2.45) is 5.92 Å². The summed E-state index contributed by atoms with van der Waals surface area (Å²) in [6, 6.07) is 5.38. The van der Waals surface area contributed by atoms with Crippen LogP contribution in [0.15, 0.2) is 18.2 Å². The van der Waals surface area contributed by atoms with E-state index in [1.165, 1.54) is 19.3 Å². The molecule has 1 atom stereocenters. The van der Waals surface area contributed by atoms with Crippen LogP contribution >= 0.6 is 11.6 Å². The standard InChI is InChI=1S/C19H25ClN2O4/c20-16-4-5-17(26-9-8-21-6-2-1-3-7-21)14(10-16)12-22-13-15(19(24)25)11-18(22)23/h4-5,10,15H,1-3,6-9,11-13H2,(H,24,25). The molecule has 1 unspecified atom stereocenters. The van der Waals surface area contributed by atoms with Gasteiger partial charge in [0, 0.05) is 36.6 Å². The molecule has 0 saturated carbocycles. The highest BCUT2D eigenvalue weighted by atomic mass is 35.5. The molecule has 1 aromatic rings. The SMILES string of the molecule is O=C(O)C1CC(=O)N(Cc2cc(Cl)ccc2OCCN2CCCCC2)C1. The lowest BCUT2D eigenvalue weighted by Crippen LogP contribution is -2.33. The van der Waals surface area contributed by atoms with Crippen molar-refractivity contribution in [1.29, 1.82) is 0 Å². The number of benzene rings is 1. The van der Waals surface area contributed by atoms with E-state index in [2.05, 4.69) is 4.90 Å². The van der Waals surface area contributed by atoms with Crippen LogP contribution in [0.3, 0.4) is 0 Å². The zero-order valence-electron chi connectivity index (χ0n) is 14.8. The Bertz CT molecular complexity index is 661. The maximum absolute atomic E-state index is 12.1. The zero-order valence-corrected chi connectivity index (χ0v) is 15.6. The van der Waals surface area contributed by atoms with E-state index >= 15 is 0 Å². The first-order valence-electron chi connectivity index (χ1n) is 9.17. The molecule has 6 nitrogen and oxygen atoms in total. The lowest BCUT2D eigenvalue weighted by Gasteiger charge is -2.26. The van der Waals surface area contributed by atoms with E-state index in [1.807, 2.05) is 6.07 Å². The number of carbonyl (C=O) groups excluding carboxylic acids is 1. The molecule has 1 amide bonds. The summed E-state index contributed by atoms with van der Waals surface area (Å²) in [7, 11) is 0. The fraction of sp³-hybridized carbons (Fsp3) is 0.579. The molecule has 7 heteroatoms. The monoisotopic (exact) mass is 380 g/mol. The molecule has 2 saturated heterocycles. The van der Waals surface area contributed by atoms with E-state index in [0.29, 0.717) is 23.9 Å². The average molecular weight is 381 g/mol. The average Bonchev–Trinajstić information content (AvgIpc) is 2.99. The summed E-state index contributed by atoms with van der Waals surface area (Å²) in [5, 5.41) is 9.70. The normalized spacial score (nSPS) is 21.2. The van der Waals surface area contributed by atoms with Crippen LogP contribution in [0.5, 0.6) is 5.75 Å². The maximum atomic E-state index is 12.1. The van der Waals surface area contributed by atoms with Crippen LogP contribution in [0.2, 0.25) is 5.02 Å². The molecule has 142 valence electrons. The predicted octanol–water partition coefficient (Wildman–Crippen LogP) is 2.64. The molecule has 2 heterocycles. The molecule has 1 aromatic carbocycles. The molecule has 2 aliphatic heterocycles. The molecular formula is C19H25ClN2O4. The molecule has 2 fully saturated rings. The van der Waals surface area contributed by atoms with Gasteiger partial charge >= 0.3 is 5.97 Å². The number of hydrogen-bond donors (Lipinski definition) is 1. The van der Waals surface area contributed by atoms with Gasteiger partial charge in [0.2, 0.25) is 5.91 Å². The van der Waals surface area contributed by atoms with Crippen LogP contribution in [0.25, 0.3) is 0 Å². The van der Waals surface area contributed by atoms with Crippen LogP contribution in [-0.2, 0) is 16.1 Å². The Morgan fingerprint density at radius 3 is 2.73 bits per heavy atom. The molecule has 0 radical (unpaired) electrons. The predicted molar refractivity (Wildman–Crippen MR) is 98.4 cm³/mol. The Kier molecular flexibility index (Phi) is 6.38. The van der Waals surface area contributed by atoms with Gasteiger partial charge in [-0.3, -0.25) is 14.5 Å². The van der Waals surface area contributed by atoms with E-state index in [-0.39, 0.29) is 18.9 Å². The summed E-state index contributed by atoms with van der Waals surface area (Å²) in [6.45, 7) is 4.26. The molecule has 26 heavy (non-hydrogen) atoms. The molecule has 0 bridgehead atoms. The second-order valence-electron chi connectivity index (χ2n) is 7.02. The van der Waals surface area contributed by atoms with Crippen LogP contribution < -0.4 is 4.74 Å². The van der Waals surface area contributed by atoms with Gasteiger partial charge in [-0.1, -0.05) is 18.0 Å². The number of amides is 1. The highest BCUT2D eigenvalue weighted by molar-refractivity contribution is 6.30. The van der Waals surface area contributed by atoms with Gasteiger partial charge in [-0.05, 0) is 44.1 Å². The van der Waals surface area contributed by atoms with Crippen LogP contribution in [0.4, 0.5) is 0 Å². The summed E-state index contributed by atoms with van der Waals surface area (Å²) in [6.07, 6.45) is 3.85. The Morgan fingerprint density at radius 1 is 1.27 bits per heavy atom. The maximum Gasteiger partial charge on any atom is 0.308 e. The van der Waals surface area contributed by atoms with E-state index in [4.69, 9.17) is 21.4 Å². The molecule has 3 rings (SSSR count). The molecular weight excluding hydrogens is 356 g/mol. The van der Waals surface area contributed by atoms with Crippen LogP contribution in [-0.4, -0.2) is 59.6 Å². The zero-order chi connectivity index (χ0) is 18.5. The lowest BCUT2D eigenvalue weighted by atomic mass is 10.1. The van der Waals surface area contributed by atoms with Gasteiger partial charge in [0.25, 0.3) is 0 Å². The van der Waals surface area contributed by atoms with Crippen LogP contribution in [0, 0.1) is 5.92 Å². The third kappa shape index (κ3) is 4.89. The molecule has 0 aliphatic carbocycles. The lowest BCUT2D eigenvalue weighted by molar-refractivity contribution is -0.141. The largest absolute Gasteiger partial charge is 0.492 e. The minimum absolute atomic E-state index is 0.0566. The number of piperidine rings is 1. The number of halogens is 1. The summed E-state index contributed by atoms with van der Waals surface area (Å²) in [5.74, 6) is -0.996. The smallest absolute Gasteiger partial charge is 0.308 e. The van der Waals surface area contributed by atoms with Crippen molar-refractivity contribution in [2.75, 3.05) is 32.8 Å². The number of nitrogens with zero attached hydrogens (tertiary/aromatic N) is 2. The Labute approximate surface area is 158 Å². The number of hydrogen-bond acceptors (Lipinski definition) is 4. The van der Waals surface area contributed by atoms with E-state index in [1.54, 1.807) is 17.0 Å². The minimum atomic E-state index is -0.926. The van der Waals surface area contributed by atoms with Gasteiger partial charge < -0.3 is 14.7 Å². The van der Waals surface area contributed by atoms with Crippen LogP contribution in [0.1, 0.15) is 31.2 Å². The highest BCUT2D eigenvalue weighted by Crippen LogP contribution is 2.27. The van der Waals surface area contributed by atoms with Gasteiger partial charge in [0.05, 0.1) is 5.92 Å². The van der Waals surface area contributed by atoms with Crippen molar-refractivity contribution >= 4 is 23.5 Å². The second-order valence-corrected chi connectivity index (χ2v) is 7.45. The van der Waals surface area contributed by atoms with Crippen molar-refractivity contribution in [2.45, 2.75) is 32.2 Å². The van der Waals surface area contributed by atoms with Gasteiger partial charge in [-0.2, -0.15) is 0 Å². The van der Waals surface area contributed by atoms with E-state index in [9.17, 15) is 9.59 Å². The second kappa shape index (κ2) is 8.73. The fourth-order valence-electron chi connectivity index (χ4n) is 3.58. The van der Waals surface area contributed by atoms with Crippen molar-refractivity contribution in [1.82, 2.24) is 9.80 Å². The van der Waals surface area contributed by atoms with Crippen molar-refractivity contribution < 1.29 is 19.4 Å². The third-order valence-corrected chi connectivity index (χ3v) is 5.30. The first kappa shape index (κ1) is 19.0. The number of carboxylic acid groups (broad SMARTS) is 1. The number of aliphatic carboxylic acids is 1. The number of carbonyl (C=O) groups is 2. The topological polar surface area (TPSA) is 70.1 Å². The van der Waals surface area contributed by atoms with Gasteiger partial charge in [-0.25, -0.2) is 0 Å².